The van der Waals surface area contributed by atoms with Gasteiger partial charge in [-0.05, 0) is 48.6 Å². The van der Waals surface area contributed by atoms with Gasteiger partial charge in [0.05, 0.1) is 12.7 Å². The minimum Gasteiger partial charge on any atom is -0.381 e. The van der Waals surface area contributed by atoms with Crippen LogP contribution in [0.15, 0.2) is 29.3 Å². The zero-order chi connectivity index (χ0) is 19.8. The third-order valence-electron chi connectivity index (χ3n) is 5.70. The van der Waals surface area contributed by atoms with Crippen LogP contribution >= 0.6 is 0 Å². The standard InChI is InChI=1S/C23H37N3O2/c1-18(2)13-20-7-10-26(16-20)23(24-3)25-15-19-5-4-6-21(14-19)17-28-22-8-11-27-12-9-22/h4-6,14,18,20,22H,7-13,15-17H2,1-3H3,(H,24,25). The van der Waals surface area contributed by atoms with Gasteiger partial charge in [-0.1, -0.05) is 38.1 Å². The second kappa shape index (κ2) is 10.8. The Labute approximate surface area is 170 Å². The molecule has 0 aromatic heterocycles. The van der Waals surface area contributed by atoms with Gasteiger partial charge < -0.3 is 19.7 Å². The van der Waals surface area contributed by atoms with Crippen molar-refractivity contribution in [3.8, 4) is 0 Å². The maximum atomic E-state index is 6.06. The van der Waals surface area contributed by atoms with Gasteiger partial charge in [-0.25, -0.2) is 0 Å². The largest absolute Gasteiger partial charge is 0.381 e. The number of benzene rings is 1. The van der Waals surface area contributed by atoms with Gasteiger partial charge >= 0.3 is 0 Å². The molecule has 2 saturated heterocycles. The summed E-state index contributed by atoms with van der Waals surface area (Å²) < 4.78 is 11.5. The molecule has 0 saturated carbocycles. The van der Waals surface area contributed by atoms with Crippen molar-refractivity contribution in [2.45, 2.75) is 58.8 Å². The highest BCUT2D eigenvalue weighted by molar-refractivity contribution is 5.80. The number of hydrogen-bond donors (Lipinski definition) is 1. The van der Waals surface area contributed by atoms with Crippen LogP contribution in [0.3, 0.4) is 0 Å². The fourth-order valence-corrected chi connectivity index (χ4v) is 4.28. The van der Waals surface area contributed by atoms with Gasteiger partial charge in [-0.3, -0.25) is 4.99 Å². The van der Waals surface area contributed by atoms with Crippen molar-refractivity contribution in [2.24, 2.45) is 16.8 Å². The normalized spacial score (nSPS) is 21.5. The molecule has 1 aromatic carbocycles. The molecule has 1 atom stereocenters. The molecule has 0 aliphatic carbocycles. The van der Waals surface area contributed by atoms with E-state index in [0.717, 1.165) is 63.5 Å². The molecular weight excluding hydrogens is 350 g/mol. The van der Waals surface area contributed by atoms with E-state index >= 15 is 0 Å². The Morgan fingerprint density at radius 2 is 2.04 bits per heavy atom. The average Bonchev–Trinajstić information content (AvgIpc) is 3.15. The third-order valence-corrected chi connectivity index (χ3v) is 5.70. The van der Waals surface area contributed by atoms with Gasteiger partial charge in [0, 0.05) is 39.9 Å². The first kappa shape index (κ1) is 21.1. The molecule has 0 spiro atoms. The summed E-state index contributed by atoms with van der Waals surface area (Å²) in [5.74, 6) is 2.59. The topological polar surface area (TPSA) is 46.1 Å². The number of ether oxygens (including phenoxy) is 2. The number of likely N-dealkylation sites (tertiary alicyclic amines) is 1. The van der Waals surface area contributed by atoms with E-state index in [9.17, 15) is 0 Å². The Balaban J connectivity index is 1.46. The van der Waals surface area contributed by atoms with E-state index in [-0.39, 0.29) is 0 Å². The highest BCUT2D eigenvalue weighted by atomic mass is 16.5. The quantitative estimate of drug-likeness (QED) is 0.571. The highest BCUT2D eigenvalue weighted by Gasteiger charge is 2.25. The summed E-state index contributed by atoms with van der Waals surface area (Å²) in [6.07, 6.45) is 4.93. The molecule has 5 heteroatoms. The molecule has 2 fully saturated rings. The third kappa shape index (κ3) is 6.49. The predicted octanol–water partition coefficient (Wildman–Crippen LogP) is 3.83. The van der Waals surface area contributed by atoms with Gasteiger partial charge in [0.25, 0.3) is 0 Å². The molecule has 5 nitrogen and oxygen atoms in total. The summed E-state index contributed by atoms with van der Waals surface area (Å²) in [6.45, 7) is 9.97. The van der Waals surface area contributed by atoms with Crippen LogP contribution in [0.2, 0.25) is 0 Å². The van der Waals surface area contributed by atoms with Crippen molar-refractivity contribution in [1.82, 2.24) is 10.2 Å². The monoisotopic (exact) mass is 387 g/mol. The van der Waals surface area contributed by atoms with Crippen molar-refractivity contribution < 1.29 is 9.47 Å². The van der Waals surface area contributed by atoms with Crippen LogP contribution in [-0.2, 0) is 22.6 Å². The molecule has 0 amide bonds. The first-order valence-corrected chi connectivity index (χ1v) is 10.9. The molecule has 0 radical (unpaired) electrons. The van der Waals surface area contributed by atoms with Crippen molar-refractivity contribution in [1.29, 1.82) is 0 Å². The first-order valence-electron chi connectivity index (χ1n) is 10.9. The van der Waals surface area contributed by atoms with E-state index in [4.69, 9.17) is 9.47 Å². The first-order chi connectivity index (χ1) is 13.6. The SMILES string of the molecule is CN=C(NCc1cccc(COC2CCOCC2)c1)N1CCC(CC(C)C)C1. The molecule has 1 unspecified atom stereocenters. The van der Waals surface area contributed by atoms with E-state index in [1.54, 1.807) is 0 Å². The summed E-state index contributed by atoms with van der Waals surface area (Å²) in [5, 5.41) is 3.55. The van der Waals surface area contributed by atoms with Crippen LogP contribution in [0.4, 0.5) is 0 Å². The summed E-state index contributed by atoms with van der Waals surface area (Å²) >= 11 is 0. The van der Waals surface area contributed by atoms with E-state index in [1.165, 1.54) is 24.0 Å². The lowest BCUT2D eigenvalue weighted by atomic mass is 9.97. The lowest BCUT2D eigenvalue weighted by Crippen LogP contribution is -2.39. The van der Waals surface area contributed by atoms with Crippen LogP contribution in [0, 0.1) is 11.8 Å². The van der Waals surface area contributed by atoms with Crippen LogP contribution < -0.4 is 5.32 Å². The molecule has 2 aliphatic rings. The van der Waals surface area contributed by atoms with Crippen molar-refractivity contribution >= 4 is 5.96 Å². The average molecular weight is 388 g/mol. The Kier molecular flexibility index (Phi) is 8.16. The number of aliphatic imine (C=N–C) groups is 1. The van der Waals surface area contributed by atoms with Gasteiger partial charge in [-0.15, -0.1) is 0 Å². The summed E-state index contributed by atoms with van der Waals surface area (Å²) in [7, 11) is 1.89. The number of nitrogens with one attached hydrogen (secondary N) is 1. The lowest BCUT2D eigenvalue weighted by molar-refractivity contribution is -0.0390. The minimum absolute atomic E-state index is 0.336. The summed E-state index contributed by atoms with van der Waals surface area (Å²) in [5.41, 5.74) is 2.51. The van der Waals surface area contributed by atoms with Crippen molar-refractivity contribution in [3.63, 3.8) is 0 Å². The fraction of sp³-hybridized carbons (Fsp3) is 0.696. The fourth-order valence-electron chi connectivity index (χ4n) is 4.28. The predicted molar refractivity (Wildman–Crippen MR) is 114 cm³/mol. The molecule has 3 rings (SSSR count). The van der Waals surface area contributed by atoms with E-state index in [1.807, 2.05) is 7.05 Å². The summed E-state index contributed by atoms with van der Waals surface area (Å²) in [4.78, 5) is 6.92. The number of rotatable bonds is 7. The summed E-state index contributed by atoms with van der Waals surface area (Å²) in [6, 6.07) is 8.68. The van der Waals surface area contributed by atoms with E-state index in [2.05, 4.69) is 53.3 Å². The Hall–Kier alpha value is -1.59. The highest BCUT2D eigenvalue weighted by Crippen LogP contribution is 2.23. The van der Waals surface area contributed by atoms with Gasteiger partial charge in [-0.2, -0.15) is 0 Å². The Bertz CT molecular complexity index is 626. The number of hydrogen-bond acceptors (Lipinski definition) is 3. The lowest BCUT2D eigenvalue weighted by Gasteiger charge is -2.23. The molecular formula is C23H37N3O2. The maximum Gasteiger partial charge on any atom is 0.193 e. The van der Waals surface area contributed by atoms with Crippen LogP contribution in [-0.4, -0.2) is 50.3 Å². The molecule has 1 N–H and O–H groups in total. The molecule has 2 heterocycles. The molecule has 156 valence electrons. The second-order valence-corrected chi connectivity index (χ2v) is 8.57. The minimum atomic E-state index is 0.336. The number of guanidine groups is 1. The number of nitrogens with zero attached hydrogens (tertiary/aromatic N) is 2. The zero-order valence-electron chi connectivity index (χ0n) is 17.8. The van der Waals surface area contributed by atoms with Gasteiger partial charge in [0.1, 0.15) is 0 Å². The van der Waals surface area contributed by atoms with Crippen molar-refractivity contribution in [2.75, 3.05) is 33.4 Å². The van der Waals surface area contributed by atoms with Crippen LogP contribution in [0.1, 0.15) is 50.7 Å². The zero-order valence-corrected chi connectivity index (χ0v) is 17.8. The second-order valence-electron chi connectivity index (χ2n) is 8.57. The molecule has 2 aliphatic heterocycles. The molecule has 1 aromatic rings. The Morgan fingerprint density at radius 3 is 2.79 bits per heavy atom. The van der Waals surface area contributed by atoms with Crippen LogP contribution in [0.5, 0.6) is 0 Å². The van der Waals surface area contributed by atoms with E-state index < -0.39 is 0 Å². The van der Waals surface area contributed by atoms with Crippen LogP contribution in [0.25, 0.3) is 0 Å². The Morgan fingerprint density at radius 1 is 1.25 bits per heavy atom. The smallest absolute Gasteiger partial charge is 0.193 e. The molecule has 28 heavy (non-hydrogen) atoms. The maximum absolute atomic E-state index is 6.06. The van der Waals surface area contributed by atoms with E-state index in [0.29, 0.717) is 12.7 Å². The van der Waals surface area contributed by atoms with Gasteiger partial charge in [0.2, 0.25) is 0 Å². The van der Waals surface area contributed by atoms with Crippen molar-refractivity contribution in [3.05, 3.63) is 35.4 Å². The van der Waals surface area contributed by atoms with Gasteiger partial charge in [0.15, 0.2) is 5.96 Å². The molecule has 0 bridgehead atoms.